The second-order valence-electron chi connectivity index (χ2n) is 8.36. The van der Waals surface area contributed by atoms with Gasteiger partial charge in [-0.1, -0.05) is 19.3 Å². The zero-order valence-corrected chi connectivity index (χ0v) is 17.3. The van der Waals surface area contributed by atoms with Gasteiger partial charge in [-0.25, -0.2) is 4.79 Å². The van der Waals surface area contributed by atoms with Gasteiger partial charge in [0, 0.05) is 19.2 Å². The molecule has 3 fully saturated rings. The van der Waals surface area contributed by atoms with E-state index in [1.807, 2.05) is 0 Å². The molecule has 0 aromatic carbocycles. The van der Waals surface area contributed by atoms with Crippen molar-refractivity contribution in [1.29, 1.82) is 0 Å². The second kappa shape index (κ2) is 9.74. The molecule has 1 aliphatic heterocycles. The summed E-state index contributed by atoms with van der Waals surface area (Å²) in [5, 5.41) is 21.9. The van der Waals surface area contributed by atoms with Crippen LogP contribution in [0.15, 0.2) is 0 Å². The van der Waals surface area contributed by atoms with Crippen LogP contribution in [0.2, 0.25) is 0 Å². The highest BCUT2D eigenvalue weighted by Gasteiger charge is 2.53. The van der Waals surface area contributed by atoms with Crippen LogP contribution in [0, 0.1) is 5.92 Å². The fraction of sp³-hybridized carbons (Fsp3) is 0.800. The molecule has 0 aromatic rings. The molecule has 0 spiro atoms. The molecule has 0 aromatic heterocycles. The number of nitrogens with one attached hydrogen (secondary N) is 1. The second-order valence-corrected chi connectivity index (χ2v) is 8.36. The first-order valence-corrected chi connectivity index (χ1v) is 10.7. The van der Waals surface area contributed by atoms with Crippen molar-refractivity contribution in [1.82, 2.24) is 15.1 Å². The summed E-state index contributed by atoms with van der Waals surface area (Å²) in [6.45, 7) is -0.661. The highest BCUT2D eigenvalue weighted by molar-refractivity contribution is 6.09. The predicted octanol–water partition coefficient (Wildman–Crippen LogP) is 0.676. The number of methoxy groups -OCH3 is 1. The number of aliphatic hydroxyl groups is 1. The molecule has 3 N–H and O–H groups in total. The van der Waals surface area contributed by atoms with Crippen molar-refractivity contribution in [3.8, 4) is 0 Å². The van der Waals surface area contributed by atoms with Crippen LogP contribution in [0.5, 0.6) is 0 Å². The maximum absolute atomic E-state index is 13.3. The summed E-state index contributed by atoms with van der Waals surface area (Å²) in [5.41, 5.74) is 0. The minimum Gasteiger partial charge on any atom is -0.480 e. The molecule has 3 rings (SSSR count). The number of hydrogen-bond acceptors (Lipinski definition) is 6. The monoisotopic (exact) mass is 425 g/mol. The number of carboxylic acids is 1. The third-order valence-corrected chi connectivity index (χ3v) is 6.52. The highest BCUT2D eigenvalue weighted by atomic mass is 16.5. The number of urea groups is 1. The number of aliphatic carboxylic acids is 1. The number of imide groups is 1. The van der Waals surface area contributed by atoms with E-state index in [0.717, 1.165) is 24.2 Å². The van der Waals surface area contributed by atoms with E-state index in [4.69, 9.17) is 9.84 Å². The molecule has 1 saturated heterocycles. The Balaban J connectivity index is 1.86. The number of amides is 4. The quantitative estimate of drug-likeness (QED) is 0.532. The highest BCUT2D eigenvalue weighted by Crippen LogP contribution is 2.35. The molecular weight excluding hydrogens is 394 g/mol. The summed E-state index contributed by atoms with van der Waals surface area (Å²) in [6.07, 6.45) is 5.22. The van der Waals surface area contributed by atoms with Gasteiger partial charge in [-0.05, 0) is 38.5 Å². The molecule has 0 radical (unpaired) electrons. The van der Waals surface area contributed by atoms with Crippen LogP contribution in [0.4, 0.5) is 4.79 Å². The van der Waals surface area contributed by atoms with Crippen molar-refractivity contribution >= 4 is 23.8 Å². The molecule has 168 valence electrons. The molecular formula is C20H31N3O7. The van der Waals surface area contributed by atoms with Crippen LogP contribution in [0.1, 0.15) is 57.8 Å². The van der Waals surface area contributed by atoms with Crippen molar-refractivity contribution in [2.75, 3.05) is 13.7 Å². The Hall–Kier alpha value is -2.20. The molecule has 2 saturated carbocycles. The summed E-state index contributed by atoms with van der Waals surface area (Å²) < 4.78 is 5.38. The van der Waals surface area contributed by atoms with E-state index in [2.05, 4.69) is 5.32 Å². The third-order valence-electron chi connectivity index (χ3n) is 6.52. The maximum Gasteiger partial charge on any atom is 0.329 e. The van der Waals surface area contributed by atoms with Gasteiger partial charge in [0.05, 0.1) is 6.10 Å². The van der Waals surface area contributed by atoms with Gasteiger partial charge in [0.25, 0.3) is 0 Å². The minimum absolute atomic E-state index is 0.0871. The molecule has 2 atom stereocenters. The Bertz CT molecular complexity index is 671. The van der Waals surface area contributed by atoms with Crippen molar-refractivity contribution in [3.05, 3.63) is 0 Å². The molecule has 0 bridgehead atoms. The number of carbonyl (C=O) groups is 4. The number of aliphatic hydroxyl groups excluding tert-OH is 1. The lowest BCUT2D eigenvalue weighted by atomic mass is 9.88. The zero-order valence-electron chi connectivity index (χ0n) is 17.3. The lowest BCUT2D eigenvalue weighted by molar-refractivity contribution is -0.163. The van der Waals surface area contributed by atoms with Crippen molar-refractivity contribution in [3.63, 3.8) is 0 Å². The molecule has 2 aliphatic carbocycles. The molecule has 3 aliphatic rings. The average molecular weight is 425 g/mol. The van der Waals surface area contributed by atoms with E-state index >= 15 is 0 Å². The van der Waals surface area contributed by atoms with Crippen LogP contribution in [0.25, 0.3) is 0 Å². The van der Waals surface area contributed by atoms with E-state index in [0.29, 0.717) is 38.5 Å². The van der Waals surface area contributed by atoms with Gasteiger partial charge in [0.15, 0.2) is 12.1 Å². The number of carbonyl (C=O) groups excluding carboxylic acids is 3. The summed E-state index contributed by atoms with van der Waals surface area (Å²) in [7, 11) is 1.64. The molecule has 2 unspecified atom stereocenters. The van der Waals surface area contributed by atoms with E-state index < -0.39 is 42.5 Å². The lowest BCUT2D eigenvalue weighted by Gasteiger charge is -2.49. The van der Waals surface area contributed by atoms with Crippen LogP contribution in [0.3, 0.4) is 0 Å². The van der Waals surface area contributed by atoms with Gasteiger partial charge in [0.2, 0.25) is 11.8 Å². The normalized spacial score (nSPS) is 31.0. The van der Waals surface area contributed by atoms with Gasteiger partial charge >= 0.3 is 12.0 Å². The first kappa shape index (κ1) is 22.5. The van der Waals surface area contributed by atoms with Gasteiger partial charge < -0.3 is 20.3 Å². The SMILES string of the molecule is COC1CCC(N2C(=O)N(C3CCCCC3)C(=O)C(C(=O)NCC(=O)O)C2O)CC1. The molecule has 10 nitrogen and oxygen atoms in total. The summed E-state index contributed by atoms with van der Waals surface area (Å²) >= 11 is 0. The first-order valence-electron chi connectivity index (χ1n) is 10.7. The Labute approximate surface area is 175 Å². The first-order chi connectivity index (χ1) is 14.3. The number of hydrogen-bond donors (Lipinski definition) is 3. The number of nitrogens with zero attached hydrogens (tertiary/aromatic N) is 2. The topological polar surface area (TPSA) is 136 Å². The van der Waals surface area contributed by atoms with Crippen molar-refractivity contribution < 1.29 is 34.1 Å². The van der Waals surface area contributed by atoms with Gasteiger partial charge in [-0.3, -0.25) is 24.2 Å². The fourth-order valence-corrected chi connectivity index (χ4v) is 4.90. The smallest absolute Gasteiger partial charge is 0.329 e. The molecule has 30 heavy (non-hydrogen) atoms. The van der Waals surface area contributed by atoms with Crippen molar-refractivity contribution in [2.45, 2.75) is 82.2 Å². The van der Waals surface area contributed by atoms with Crippen molar-refractivity contribution in [2.24, 2.45) is 5.92 Å². The molecule has 10 heteroatoms. The van der Waals surface area contributed by atoms with Crippen LogP contribution < -0.4 is 5.32 Å². The number of carboxylic acid groups (broad SMARTS) is 1. The Morgan fingerprint density at radius 3 is 2.23 bits per heavy atom. The fourth-order valence-electron chi connectivity index (χ4n) is 4.90. The largest absolute Gasteiger partial charge is 0.480 e. The van der Waals surface area contributed by atoms with E-state index in [-0.39, 0.29) is 18.2 Å². The maximum atomic E-state index is 13.3. The minimum atomic E-state index is -1.62. The third kappa shape index (κ3) is 4.59. The number of rotatable bonds is 6. The Kier molecular flexibility index (Phi) is 7.30. The Morgan fingerprint density at radius 1 is 1.03 bits per heavy atom. The van der Waals surface area contributed by atoms with Gasteiger partial charge in [-0.15, -0.1) is 0 Å². The molecule has 4 amide bonds. The summed E-state index contributed by atoms with van der Waals surface area (Å²) in [6, 6.07) is -1.17. The van der Waals surface area contributed by atoms with Crippen LogP contribution in [-0.4, -0.2) is 81.9 Å². The number of ether oxygens (including phenoxy) is 1. The lowest BCUT2D eigenvalue weighted by Crippen LogP contribution is -2.69. The Morgan fingerprint density at radius 2 is 1.67 bits per heavy atom. The van der Waals surface area contributed by atoms with E-state index in [1.165, 1.54) is 4.90 Å². The summed E-state index contributed by atoms with van der Waals surface area (Å²) in [5.74, 6) is -4.41. The van der Waals surface area contributed by atoms with Crippen LogP contribution in [-0.2, 0) is 19.1 Å². The van der Waals surface area contributed by atoms with E-state index in [9.17, 15) is 24.3 Å². The van der Waals surface area contributed by atoms with Gasteiger partial charge in [0.1, 0.15) is 6.54 Å². The standard InChI is InChI=1S/C20H31N3O7/c1-30-14-9-7-13(8-10-14)23-19(28)16(17(26)21-11-15(24)25)18(27)22(20(23)29)12-5-3-2-4-6-12/h12-14,16,19,28H,2-11H2,1H3,(H,21,26)(H,24,25). The van der Waals surface area contributed by atoms with Crippen LogP contribution >= 0.6 is 0 Å². The summed E-state index contributed by atoms with van der Waals surface area (Å²) in [4.78, 5) is 52.4. The van der Waals surface area contributed by atoms with E-state index in [1.54, 1.807) is 7.11 Å². The zero-order chi connectivity index (χ0) is 21.8. The molecule has 1 heterocycles. The predicted molar refractivity (Wildman–Crippen MR) is 104 cm³/mol. The van der Waals surface area contributed by atoms with Gasteiger partial charge in [-0.2, -0.15) is 0 Å². The average Bonchev–Trinajstić information content (AvgIpc) is 2.73.